The highest BCUT2D eigenvalue weighted by atomic mass is 16.5. The van der Waals surface area contributed by atoms with Crippen molar-refractivity contribution in [1.29, 1.82) is 0 Å². The molecule has 1 unspecified atom stereocenters. The topological polar surface area (TPSA) is 72.8 Å². The van der Waals surface area contributed by atoms with Gasteiger partial charge in [-0.25, -0.2) is 0 Å². The number of esters is 2. The SMILES string of the molecule is CCCCCCCCCCCCCCOC(=O)CC[N+](C)(CCC(=O)OCCCCCCCCCCCCCC)CC[N+](C)(CCC)CCO. The van der Waals surface area contributed by atoms with E-state index in [2.05, 4.69) is 34.9 Å². The molecule has 7 heteroatoms. The first kappa shape index (κ1) is 48.8. The summed E-state index contributed by atoms with van der Waals surface area (Å²) in [6, 6.07) is 0. The van der Waals surface area contributed by atoms with Gasteiger partial charge in [-0.2, -0.15) is 0 Å². The van der Waals surface area contributed by atoms with E-state index in [4.69, 9.17) is 9.47 Å². The Morgan fingerprint density at radius 1 is 0.400 bits per heavy atom. The van der Waals surface area contributed by atoms with Crippen molar-refractivity contribution in [3.8, 4) is 0 Å². The maximum atomic E-state index is 12.7. The van der Waals surface area contributed by atoms with Crippen LogP contribution in [0.25, 0.3) is 0 Å². The Hall–Kier alpha value is -1.18. The van der Waals surface area contributed by atoms with Crippen molar-refractivity contribution in [2.75, 3.05) is 73.2 Å². The number of rotatable bonds is 39. The zero-order chi connectivity index (χ0) is 37.0. The third kappa shape index (κ3) is 31.5. The molecule has 0 spiro atoms. The molecule has 298 valence electrons. The summed E-state index contributed by atoms with van der Waals surface area (Å²) in [4.78, 5) is 25.4. The van der Waals surface area contributed by atoms with Crippen LogP contribution in [0.1, 0.15) is 194 Å². The Labute approximate surface area is 311 Å². The number of hydrogen-bond donors (Lipinski definition) is 1. The number of hydrogen-bond acceptors (Lipinski definition) is 5. The molecule has 0 aromatic heterocycles. The van der Waals surface area contributed by atoms with Crippen molar-refractivity contribution >= 4 is 11.9 Å². The monoisotopic (exact) mass is 713 g/mol. The zero-order valence-electron chi connectivity index (χ0n) is 34.4. The summed E-state index contributed by atoms with van der Waals surface area (Å²) in [6.45, 7) is 12.7. The Balaban J connectivity index is 4.41. The van der Waals surface area contributed by atoms with Gasteiger partial charge in [-0.1, -0.05) is 162 Å². The summed E-state index contributed by atoms with van der Waals surface area (Å²) in [5.74, 6) is -0.263. The van der Waals surface area contributed by atoms with Gasteiger partial charge in [0.25, 0.3) is 0 Å². The van der Waals surface area contributed by atoms with Crippen LogP contribution in [0, 0.1) is 0 Å². The zero-order valence-corrected chi connectivity index (χ0v) is 34.4. The number of aliphatic hydroxyl groups excluding tert-OH is 1. The maximum Gasteiger partial charge on any atom is 0.311 e. The van der Waals surface area contributed by atoms with Gasteiger partial charge in [0.1, 0.15) is 19.6 Å². The smallest absolute Gasteiger partial charge is 0.311 e. The summed E-state index contributed by atoms with van der Waals surface area (Å²) in [5.41, 5.74) is 0. The molecule has 7 nitrogen and oxygen atoms in total. The summed E-state index contributed by atoms with van der Waals surface area (Å²) in [5, 5.41) is 9.70. The second kappa shape index (κ2) is 34.9. The molecule has 0 saturated heterocycles. The molecule has 0 amide bonds. The maximum absolute atomic E-state index is 12.7. The van der Waals surface area contributed by atoms with E-state index >= 15 is 0 Å². The van der Waals surface area contributed by atoms with Crippen molar-refractivity contribution < 1.29 is 33.1 Å². The lowest BCUT2D eigenvalue weighted by molar-refractivity contribution is -0.963. The molecular weight excluding hydrogens is 624 g/mol. The molecule has 0 fully saturated rings. The van der Waals surface area contributed by atoms with Crippen LogP contribution in [-0.2, 0) is 19.1 Å². The fourth-order valence-corrected chi connectivity index (χ4v) is 7.06. The van der Waals surface area contributed by atoms with Crippen molar-refractivity contribution in [1.82, 2.24) is 0 Å². The number of aliphatic hydroxyl groups is 1. The number of carbonyl (C=O) groups excluding carboxylic acids is 2. The minimum atomic E-state index is -0.131. The van der Waals surface area contributed by atoms with Crippen molar-refractivity contribution in [2.24, 2.45) is 0 Å². The molecule has 50 heavy (non-hydrogen) atoms. The van der Waals surface area contributed by atoms with Crippen molar-refractivity contribution in [3.63, 3.8) is 0 Å². The predicted molar refractivity (Wildman–Crippen MR) is 212 cm³/mol. The van der Waals surface area contributed by atoms with Crippen molar-refractivity contribution in [2.45, 2.75) is 194 Å². The number of likely N-dealkylation sites (N-methyl/N-ethyl adjacent to an activating group) is 2. The van der Waals surface area contributed by atoms with Crippen LogP contribution >= 0.6 is 0 Å². The van der Waals surface area contributed by atoms with Crippen LogP contribution in [0.5, 0.6) is 0 Å². The van der Waals surface area contributed by atoms with Gasteiger partial charge in [-0.15, -0.1) is 0 Å². The van der Waals surface area contributed by atoms with Gasteiger partial charge >= 0.3 is 11.9 Å². The van der Waals surface area contributed by atoms with E-state index in [0.29, 0.717) is 43.6 Å². The average Bonchev–Trinajstić information content (AvgIpc) is 3.10. The summed E-state index contributed by atoms with van der Waals surface area (Å²) >= 11 is 0. The molecule has 0 aromatic carbocycles. The van der Waals surface area contributed by atoms with E-state index < -0.39 is 0 Å². The molecule has 1 atom stereocenters. The van der Waals surface area contributed by atoms with Gasteiger partial charge in [0.15, 0.2) is 0 Å². The second-order valence-electron chi connectivity index (χ2n) is 16.0. The van der Waals surface area contributed by atoms with Crippen LogP contribution in [0.15, 0.2) is 0 Å². The fraction of sp³-hybridized carbons (Fsp3) is 0.953. The molecule has 0 aliphatic carbocycles. The van der Waals surface area contributed by atoms with Crippen LogP contribution in [0.2, 0.25) is 0 Å². The normalized spacial score (nSPS) is 13.0. The van der Waals surface area contributed by atoms with Gasteiger partial charge in [0.2, 0.25) is 0 Å². The Bertz CT molecular complexity index is 710. The highest BCUT2D eigenvalue weighted by Crippen LogP contribution is 2.15. The molecular formula is C43H88N2O5+2. The molecule has 0 rings (SSSR count). The minimum absolute atomic E-state index is 0.131. The molecule has 0 radical (unpaired) electrons. The molecule has 1 N–H and O–H groups in total. The molecule has 0 bridgehead atoms. The first-order chi connectivity index (χ1) is 24.2. The molecule has 0 aliphatic heterocycles. The quantitative estimate of drug-likeness (QED) is 0.0390. The standard InChI is InChI=1S/C43H88N2O5/c1-6-9-11-13-15-17-19-21-23-25-27-29-40-49-42(47)31-34-45(5,37-36-44(4,33-8-3)38-39-46)35-32-43(48)50-41-30-28-26-24-22-20-18-16-14-12-10-7-2/h46H,6-41H2,1-5H3/q+2. The van der Waals surface area contributed by atoms with E-state index in [9.17, 15) is 14.7 Å². The van der Waals surface area contributed by atoms with Crippen LogP contribution < -0.4 is 0 Å². The number of nitrogens with zero attached hydrogens (tertiary/aromatic N) is 2. The molecule has 0 aliphatic rings. The van der Waals surface area contributed by atoms with E-state index in [1.165, 1.54) is 128 Å². The van der Waals surface area contributed by atoms with E-state index in [1.807, 2.05) is 0 Å². The first-order valence-corrected chi connectivity index (χ1v) is 21.8. The predicted octanol–water partition coefficient (Wildman–Crippen LogP) is 10.6. The molecule has 0 heterocycles. The van der Waals surface area contributed by atoms with Crippen LogP contribution in [0.3, 0.4) is 0 Å². The Morgan fingerprint density at radius 3 is 1.00 bits per heavy atom. The number of quaternary nitrogens is 2. The van der Waals surface area contributed by atoms with Gasteiger partial charge in [0.05, 0.1) is 66.4 Å². The van der Waals surface area contributed by atoms with E-state index in [1.54, 1.807) is 0 Å². The van der Waals surface area contributed by atoms with Gasteiger partial charge in [-0.3, -0.25) is 9.59 Å². The van der Waals surface area contributed by atoms with E-state index in [0.717, 1.165) is 62.8 Å². The lowest BCUT2D eigenvalue weighted by Gasteiger charge is -2.39. The van der Waals surface area contributed by atoms with Crippen LogP contribution in [-0.4, -0.2) is 99.2 Å². The summed E-state index contributed by atoms with van der Waals surface area (Å²) in [6.07, 6.45) is 32.7. The third-order valence-electron chi connectivity index (χ3n) is 10.8. The number of unbranched alkanes of at least 4 members (excludes halogenated alkanes) is 22. The fourth-order valence-electron chi connectivity index (χ4n) is 7.06. The number of carbonyl (C=O) groups is 2. The minimum Gasteiger partial charge on any atom is -0.466 e. The summed E-state index contributed by atoms with van der Waals surface area (Å²) in [7, 11) is 4.36. The van der Waals surface area contributed by atoms with Crippen LogP contribution in [0.4, 0.5) is 0 Å². The van der Waals surface area contributed by atoms with Gasteiger partial charge in [0, 0.05) is 0 Å². The second-order valence-corrected chi connectivity index (χ2v) is 16.0. The third-order valence-corrected chi connectivity index (χ3v) is 10.8. The largest absolute Gasteiger partial charge is 0.466 e. The Kier molecular flexibility index (Phi) is 34.1. The highest BCUT2D eigenvalue weighted by Gasteiger charge is 2.30. The number of ether oxygens (including phenoxy) is 2. The highest BCUT2D eigenvalue weighted by molar-refractivity contribution is 5.70. The first-order valence-electron chi connectivity index (χ1n) is 21.8. The lowest BCUT2D eigenvalue weighted by Crippen LogP contribution is -2.56. The Morgan fingerprint density at radius 2 is 0.700 bits per heavy atom. The summed E-state index contributed by atoms with van der Waals surface area (Å²) < 4.78 is 12.7. The van der Waals surface area contributed by atoms with Crippen molar-refractivity contribution in [3.05, 3.63) is 0 Å². The van der Waals surface area contributed by atoms with Gasteiger partial charge in [-0.05, 0) is 19.3 Å². The molecule has 0 saturated carbocycles. The molecule has 0 aromatic rings. The van der Waals surface area contributed by atoms with E-state index in [-0.39, 0.29) is 18.5 Å². The average molecular weight is 713 g/mol. The lowest BCUT2D eigenvalue weighted by atomic mass is 10.1. The van der Waals surface area contributed by atoms with Gasteiger partial charge < -0.3 is 23.5 Å².